The number of carbonyl (C=O) groups excluding carboxylic acids is 1. The van der Waals surface area contributed by atoms with Gasteiger partial charge >= 0.3 is 5.97 Å². The van der Waals surface area contributed by atoms with Crippen LogP contribution in [0.4, 0.5) is 11.4 Å². The lowest BCUT2D eigenvalue weighted by Gasteiger charge is -2.40. The van der Waals surface area contributed by atoms with Crippen LogP contribution >= 0.6 is 0 Å². The van der Waals surface area contributed by atoms with Crippen LogP contribution in [0.15, 0.2) is 18.2 Å². The Morgan fingerprint density at radius 3 is 2.29 bits per heavy atom. The van der Waals surface area contributed by atoms with Crippen LogP contribution in [-0.2, 0) is 9.53 Å². The van der Waals surface area contributed by atoms with Gasteiger partial charge in [0.15, 0.2) is 0 Å². The Labute approximate surface area is 124 Å². The van der Waals surface area contributed by atoms with Gasteiger partial charge in [-0.1, -0.05) is 0 Å². The van der Waals surface area contributed by atoms with E-state index in [2.05, 4.69) is 5.32 Å². The minimum Gasteiger partial charge on any atom is -0.469 e. The average Bonchev–Trinajstić information content (AvgIpc) is 2.36. The van der Waals surface area contributed by atoms with E-state index in [0.29, 0.717) is 5.56 Å². The molecular weight excluding hydrogens is 272 g/mol. The van der Waals surface area contributed by atoms with Crippen LogP contribution in [0.2, 0.25) is 0 Å². The summed E-state index contributed by atoms with van der Waals surface area (Å²) in [6, 6.07) is 4.80. The van der Waals surface area contributed by atoms with Gasteiger partial charge in [0.25, 0.3) is 5.69 Å². The Hall–Kier alpha value is -2.11. The number of carbonyl (C=O) groups is 1. The number of esters is 1. The molecule has 0 radical (unpaired) electrons. The average molecular weight is 294 g/mol. The van der Waals surface area contributed by atoms with E-state index in [1.165, 1.54) is 13.2 Å². The number of nitro benzene ring substituents is 1. The number of nitrogens with one attached hydrogen (secondary N) is 1. The first-order chi connectivity index (χ1) is 9.52. The number of aryl methyl sites for hydroxylation is 1. The van der Waals surface area contributed by atoms with Crippen LogP contribution in [0.3, 0.4) is 0 Å². The SMILES string of the molecule is COC(=O)C(C)(C)C(C)(C)Nc1ccc([N+](=O)[O-])c(C)c1. The third-order valence-electron chi connectivity index (χ3n) is 4.11. The van der Waals surface area contributed by atoms with Crippen molar-refractivity contribution in [2.75, 3.05) is 12.4 Å². The molecule has 1 rings (SSSR count). The van der Waals surface area contributed by atoms with Gasteiger partial charge in [-0.15, -0.1) is 0 Å². The molecule has 0 aromatic heterocycles. The molecule has 6 heteroatoms. The monoisotopic (exact) mass is 294 g/mol. The predicted molar refractivity (Wildman–Crippen MR) is 81.3 cm³/mol. The number of hydrogen-bond acceptors (Lipinski definition) is 5. The third kappa shape index (κ3) is 3.32. The molecule has 0 fully saturated rings. The maximum atomic E-state index is 11.9. The van der Waals surface area contributed by atoms with E-state index in [1.807, 2.05) is 13.8 Å². The highest BCUT2D eigenvalue weighted by atomic mass is 16.6. The van der Waals surface area contributed by atoms with E-state index < -0.39 is 15.9 Å². The van der Waals surface area contributed by atoms with Gasteiger partial charge in [-0.2, -0.15) is 0 Å². The van der Waals surface area contributed by atoms with Crippen LogP contribution in [0.25, 0.3) is 0 Å². The number of benzene rings is 1. The molecule has 1 aromatic rings. The maximum Gasteiger partial charge on any atom is 0.313 e. The smallest absolute Gasteiger partial charge is 0.313 e. The van der Waals surface area contributed by atoms with Crippen molar-refractivity contribution in [2.24, 2.45) is 5.41 Å². The lowest BCUT2D eigenvalue weighted by atomic mass is 9.74. The molecule has 21 heavy (non-hydrogen) atoms. The minimum atomic E-state index is -0.766. The summed E-state index contributed by atoms with van der Waals surface area (Å²) >= 11 is 0. The first kappa shape index (κ1) is 16.9. The summed E-state index contributed by atoms with van der Waals surface area (Å²) in [7, 11) is 1.36. The molecular formula is C15H22N2O4. The Bertz CT molecular complexity index is 565. The van der Waals surface area contributed by atoms with Crippen molar-refractivity contribution in [1.29, 1.82) is 0 Å². The van der Waals surface area contributed by atoms with E-state index in [-0.39, 0.29) is 11.7 Å². The second-order valence-electron chi connectivity index (χ2n) is 6.12. The zero-order valence-electron chi connectivity index (χ0n) is 13.3. The number of nitro groups is 1. The molecule has 1 aromatic carbocycles. The standard InChI is InChI=1S/C15H22N2O4/c1-10-9-11(7-8-12(10)17(19)20)16-15(4,5)14(2,3)13(18)21-6/h7-9,16H,1-6H3. The van der Waals surface area contributed by atoms with E-state index in [1.54, 1.807) is 32.9 Å². The fourth-order valence-corrected chi connectivity index (χ4v) is 1.97. The van der Waals surface area contributed by atoms with E-state index in [9.17, 15) is 14.9 Å². The van der Waals surface area contributed by atoms with Crippen molar-refractivity contribution < 1.29 is 14.5 Å². The first-order valence-electron chi connectivity index (χ1n) is 6.64. The summed E-state index contributed by atoms with van der Waals surface area (Å²) in [5, 5.41) is 14.1. The largest absolute Gasteiger partial charge is 0.469 e. The van der Waals surface area contributed by atoms with Crippen LogP contribution < -0.4 is 5.32 Å². The fourth-order valence-electron chi connectivity index (χ4n) is 1.97. The van der Waals surface area contributed by atoms with Crippen LogP contribution in [0.5, 0.6) is 0 Å². The van der Waals surface area contributed by atoms with E-state index >= 15 is 0 Å². The van der Waals surface area contributed by atoms with Crippen molar-refractivity contribution in [2.45, 2.75) is 40.2 Å². The van der Waals surface area contributed by atoms with Gasteiger partial charge in [0.1, 0.15) is 0 Å². The molecule has 0 heterocycles. The van der Waals surface area contributed by atoms with Gasteiger partial charge in [-0.05, 0) is 46.8 Å². The third-order valence-corrected chi connectivity index (χ3v) is 4.11. The Morgan fingerprint density at radius 2 is 1.86 bits per heavy atom. The lowest BCUT2D eigenvalue weighted by Crippen LogP contribution is -2.51. The van der Waals surface area contributed by atoms with E-state index in [0.717, 1.165) is 5.69 Å². The number of anilines is 1. The van der Waals surface area contributed by atoms with Gasteiger partial charge in [-0.3, -0.25) is 14.9 Å². The summed E-state index contributed by atoms with van der Waals surface area (Å²) in [5.41, 5.74) is 0.00226. The van der Waals surface area contributed by atoms with E-state index in [4.69, 9.17) is 4.74 Å². The van der Waals surface area contributed by atoms with Gasteiger partial charge in [0.2, 0.25) is 0 Å². The number of rotatable bonds is 5. The number of methoxy groups -OCH3 is 1. The van der Waals surface area contributed by atoms with Crippen LogP contribution in [0, 0.1) is 22.5 Å². The van der Waals surface area contributed by atoms with Crippen LogP contribution in [0.1, 0.15) is 33.3 Å². The molecule has 1 N–H and O–H groups in total. The highest BCUT2D eigenvalue weighted by Crippen LogP contribution is 2.35. The second kappa shape index (κ2) is 5.71. The maximum absolute atomic E-state index is 11.9. The van der Waals surface area contributed by atoms with Crippen molar-refractivity contribution >= 4 is 17.3 Å². The van der Waals surface area contributed by atoms with Gasteiger partial charge in [0, 0.05) is 22.9 Å². The summed E-state index contributed by atoms with van der Waals surface area (Å²) in [5.74, 6) is -0.321. The van der Waals surface area contributed by atoms with Crippen molar-refractivity contribution in [3.63, 3.8) is 0 Å². The molecule has 0 aliphatic rings. The molecule has 0 bridgehead atoms. The molecule has 6 nitrogen and oxygen atoms in total. The van der Waals surface area contributed by atoms with Crippen LogP contribution in [-0.4, -0.2) is 23.5 Å². The minimum absolute atomic E-state index is 0.0746. The lowest BCUT2D eigenvalue weighted by molar-refractivity contribution is -0.385. The molecule has 0 amide bonds. The second-order valence-corrected chi connectivity index (χ2v) is 6.12. The highest BCUT2D eigenvalue weighted by molar-refractivity contribution is 5.78. The summed E-state index contributed by atoms with van der Waals surface area (Å²) in [4.78, 5) is 22.3. The van der Waals surface area contributed by atoms with Gasteiger partial charge in [-0.25, -0.2) is 0 Å². The summed E-state index contributed by atoms with van der Waals surface area (Å²) < 4.78 is 4.85. The fraction of sp³-hybridized carbons (Fsp3) is 0.533. The van der Waals surface area contributed by atoms with Crippen molar-refractivity contribution in [3.8, 4) is 0 Å². The zero-order chi connectivity index (χ0) is 16.4. The highest BCUT2D eigenvalue weighted by Gasteiger charge is 2.44. The number of hydrogen-bond donors (Lipinski definition) is 1. The molecule has 0 atom stereocenters. The molecule has 0 aliphatic heterocycles. The number of ether oxygens (including phenoxy) is 1. The predicted octanol–water partition coefficient (Wildman–Crippen LogP) is 3.29. The molecule has 116 valence electrons. The topological polar surface area (TPSA) is 81.5 Å². The summed E-state index contributed by atoms with van der Waals surface area (Å²) in [6.07, 6.45) is 0. The molecule has 0 spiro atoms. The van der Waals surface area contributed by atoms with Crippen molar-refractivity contribution in [3.05, 3.63) is 33.9 Å². The molecule has 0 saturated heterocycles. The quantitative estimate of drug-likeness (QED) is 0.512. The summed E-state index contributed by atoms with van der Waals surface area (Å²) in [6.45, 7) is 9.05. The molecule has 0 saturated carbocycles. The van der Waals surface area contributed by atoms with Gasteiger partial charge in [0.05, 0.1) is 17.4 Å². The Kier molecular flexibility index (Phi) is 4.61. The van der Waals surface area contributed by atoms with Gasteiger partial charge < -0.3 is 10.1 Å². The normalized spacial score (nSPS) is 11.9. The number of nitrogens with zero attached hydrogens (tertiary/aromatic N) is 1. The van der Waals surface area contributed by atoms with Crippen molar-refractivity contribution in [1.82, 2.24) is 0 Å². The zero-order valence-corrected chi connectivity index (χ0v) is 13.3. The molecule has 0 unspecified atom stereocenters. The Balaban J connectivity index is 3.07. The first-order valence-corrected chi connectivity index (χ1v) is 6.64. The molecule has 0 aliphatic carbocycles. The Morgan fingerprint density at radius 1 is 1.29 bits per heavy atom.